The van der Waals surface area contributed by atoms with Crippen molar-refractivity contribution < 1.29 is 9.18 Å². The predicted molar refractivity (Wildman–Crippen MR) is 111 cm³/mol. The molecule has 0 spiro atoms. The topological polar surface area (TPSA) is 35.6 Å². The van der Waals surface area contributed by atoms with Gasteiger partial charge in [0.05, 0.1) is 5.69 Å². The molecule has 0 aliphatic carbocycles. The van der Waals surface area contributed by atoms with Crippen LogP contribution in [0.5, 0.6) is 0 Å². The van der Waals surface area contributed by atoms with Gasteiger partial charge in [-0.05, 0) is 34.5 Å². The van der Waals surface area contributed by atoms with Crippen LogP contribution in [-0.2, 0) is 6.54 Å². The van der Waals surface area contributed by atoms with Crippen LogP contribution in [0.1, 0.15) is 5.56 Å². The molecule has 0 unspecified atom stereocenters. The SMILES string of the molecule is O=C(Nc1ccc(Cl)cc1F)N1CCN(Cc2cccc3ccccc23)CC1. The van der Waals surface area contributed by atoms with Crippen molar-refractivity contribution in [3.63, 3.8) is 0 Å². The second kappa shape index (κ2) is 8.17. The molecule has 1 fully saturated rings. The molecule has 0 bridgehead atoms. The maximum atomic E-state index is 13.9. The minimum absolute atomic E-state index is 0.146. The molecule has 3 aromatic carbocycles. The molecule has 144 valence electrons. The quantitative estimate of drug-likeness (QED) is 0.676. The van der Waals surface area contributed by atoms with E-state index in [-0.39, 0.29) is 11.7 Å². The molecule has 1 heterocycles. The van der Waals surface area contributed by atoms with Gasteiger partial charge >= 0.3 is 6.03 Å². The summed E-state index contributed by atoms with van der Waals surface area (Å²) in [5.74, 6) is -0.532. The van der Waals surface area contributed by atoms with Gasteiger partial charge in [0.1, 0.15) is 5.82 Å². The van der Waals surface area contributed by atoms with E-state index in [1.807, 2.05) is 6.07 Å². The number of hydrogen-bond donors (Lipinski definition) is 1. The Kier molecular flexibility index (Phi) is 5.46. The minimum atomic E-state index is -0.532. The highest BCUT2D eigenvalue weighted by Crippen LogP contribution is 2.22. The third kappa shape index (κ3) is 4.11. The van der Waals surface area contributed by atoms with Crippen molar-refractivity contribution in [2.24, 2.45) is 0 Å². The molecule has 6 heteroatoms. The minimum Gasteiger partial charge on any atom is -0.322 e. The number of carbonyl (C=O) groups excluding carboxylic acids is 1. The monoisotopic (exact) mass is 397 g/mol. The van der Waals surface area contributed by atoms with Crippen molar-refractivity contribution in [2.45, 2.75) is 6.54 Å². The van der Waals surface area contributed by atoms with Gasteiger partial charge in [0, 0.05) is 37.7 Å². The highest BCUT2D eigenvalue weighted by Gasteiger charge is 2.22. The maximum absolute atomic E-state index is 13.9. The summed E-state index contributed by atoms with van der Waals surface area (Å²) in [6, 6.07) is 18.7. The normalized spacial score (nSPS) is 15.0. The Morgan fingerprint density at radius 1 is 1.00 bits per heavy atom. The Bertz CT molecular complexity index is 997. The highest BCUT2D eigenvalue weighted by atomic mass is 35.5. The summed E-state index contributed by atoms with van der Waals surface area (Å²) in [6.07, 6.45) is 0. The van der Waals surface area contributed by atoms with Gasteiger partial charge in [0.15, 0.2) is 0 Å². The molecule has 1 aliphatic rings. The predicted octanol–water partition coefficient (Wildman–Crippen LogP) is 4.98. The van der Waals surface area contributed by atoms with E-state index < -0.39 is 5.82 Å². The van der Waals surface area contributed by atoms with Crippen molar-refractivity contribution in [3.05, 3.63) is 77.1 Å². The number of nitrogens with one attached hydrogen (secondary N) is 1. The van der Waals surface area contributed by atoms with Crippen molar-refractivity contribution in [2.75, 3.05) is 31.5 Å². The third-order valence-electron chi connectivity index (χ3n) is 5.11. The Hall–Kier alpha value is -2.63. The lowest BCUT2D eigenvalue weighted by molar-refractivity contribution is 0.143. The first-order valence-corrected chi connectivity index (χ1v) is 9.68. The largest absolute Gasteiger partial charge is 0.322 e. The number of urea groups is 1. The molecule has 1 aliphatic heterocycles. The summed E-state index contributed by atoms with van der Waals surface area (Å²) in [5.41, 5.74) is 1.44. The lowest BCUT2D eigenvalue weighted by Gasteiger charge is -2.34. The van der Waals surface area contributed by atoms with E-state index in [1.54, 1.807) is 11.0 Å². The van der Waals surface area contributed by atoms with Crippen LogP contribution in [0.15, 0.2) is 60.7 Å². The van der Waals surface area contributed by atoms with E-state index in [0.717, 1.165) is 19.6 Å². The van der Waals surface area contributed by atoms with E-state index in [1.165, 1.54) is 28.5 Å². The number of rotatable bonds is 3. The molecule has 0 aromatic heterocycles. The third-order valence-corrected chi connectivity index (χ3v) is 5.34. The standard InChI is InChI=1S/C22H21ClFN3O/c23-18-8-9-21(20(24)14-18)25-22(28)27-12-10-26(11-13-27)15-17-6-3-5-16-4-1-2-7-19(16)17/h1-9,14H,10-13,15H2,(H,25,28). The van der Waals surface area contributed by atoms with Gasteiger partial charge in [-0.25, -0.2) is 9.18 Å². The van der Waals surface area contributed by atoms with Gasteiger partial charge < -0.3 is 10.2 Å². The number of piperazine rings is 1. The molecule has 1 saturated heterocycles. The van der Waals surface area contributed by atoms with Crippen LogP contribution in [0.25, 0.3) is 10.8 Å². The molecule has 0 atom stereocenters. The summed E-state index contributed by atoms with van der Waals surface area (Å²) >= 11 is 5.75. The molecular formula is C22H21ClFN3O. The zero-order chi connectivity index (χ0) is 19.5. The van der Waals surface area contributed by atoms with E-state index >= 15 is 0 Å². The number of benzene rings is 3. The first kappa shape index (κ1) is 18.7. The number of nitrogens with zero attached hydrogens (tertiary/aromatic N) is 2. The summed E-state index contributed by atoms with van der Waals surface area (Å²) < 4.78 is 13.9. The van der Waals surface area contributed by atoms with Crippen LogP contribution in [0.4, 0.5) is 14.9 Å². The smallest absolute Gasteiger partial charge is 0.322 e. The molecule has 4 rings (SSSR count). The van der Waals surface area contributed by atoms with Crippen molar-refractivity contribution >= 4 is 34.1 Å². The van der Waals surface area contributed by atoms with Crippen LogP contribution in [0, 0.1) is 5.82 Å². The van der Waals surface area contributed by atoms with E-state index in [0.29, 0.717) is 18.1 Å². The van der Waals surface area contributed by atoms with E-state index in [9.17, 15) is 9.18 Å². The van der Waals surface area contributed by atoms with Gasteiger partial charge in [0.2, 0.25) is 0 Å². The average molecular weight is 398 g/mol. The molecule has 1 N–H and O–H groups in total. The van der Waals surface area contributed by atoms with Gasteiger partial charge in [-0.2, -0.15) is 0 Å². The van der Waals surface area contributed by atoms with Gasteiger partial charge in [-0.15, -0.1) is 0 Å². The zero-order valence-electron chi connectivity index (χ0n) is 15.4. The highest BCUT2D eigenvalue weighted by molar-refractivity contribution is 6.30. The number of fused-ring (bicyclic) bond motifs is 1. The lowest BCUT2D eigenvalue weighted by Crippen LogP contribution is -2.49. The van der Waals surface area contributed by atoms with Gasteiger partial charge in [-0.3, -0.25) is 4.90 Å². The Balaban J connectivity index is 1.36. The first-order valence-electron chi connectivity index (χ1n) is 9.30. The van der Waals surface area contributed by atoms with Crippen LogP contribution in [0.3, 0.4) is 0 Å². The van der Waals surface area contributed by atoms with Crippen LogP contribution >= 0.6 is 11.6 Å². The van der Waals surface area contributed by atoms with Crippen LogP contribution < -0.4 is 5.32 Å². The van der Waals surface area contributed by atoms with Gasteiger partial charge in [-0.1, -0.05) is 54.1 Å². The first-order chi connectivity index (χ1) is 13.6. The number of hydrogen-bond acceptors (Lipinski definition) is 2. The van der Waals surface area contributed by atoms with Crippen LogP contribution in [-0.4, -0.2) is 42.0 Å². The number of amides is 2. The molecule has 0 radical (unpaired) electrons. The van der Waals surface area contributed by atoms with Crippen molar-refractivity contribution in [1.82, 2.24) is 9.80 Å². The molecule has 28 heavy (non-hydrogen) atoms. The zero-order valence-corrected chi connectivity index (χ0v) is 16.1. The summed E-state index contributed by atoms with van der Waals surface area (Å²) in [5, 5.41) is 5.44. The lowest BCUT2D eigenvalue weighted by atomic mass is 10.0. The number of anilines is 1. The molecule has 2 amide bonds. The molecule has 3 aromatic rings. The van der Waals surface area contributed by atoms with Crippen molar-refractivity contribution in [3.8, 4) is 0 Å². The fraction of sp³-hybridized carbons (Fsp3) is 0.227. The summed E-state index contributed by atoms with van der Waals surface area (Å²) in [4.78, 5) is 16.5. The second-order valence-corrected chi connectivity index (χ2v) is 7.39. The summed E-state index contributed by atoms with van der Waals surface area (Å²) in [6.45, 7) is 3.61. The number of halogens is 2. The molecule has 4 nitrogen and oxygen atoms in total. The Labute approximate surface area is 168 Å². The Morgan fingerprint density at radius 3 is 2.54 bits per heavy atom. The van der Waals surface area contributed by atoms with Crippen LogP contribution in [0.2, 0.25) is 5.02 Å². The maximum Gasteiger partial charge on any atom is 0.322 e. The Morgan fingerprint density at radius 2 is 1.75 bits per heavy atom. The fourth-order valence-corrected chi connectivity index (χ4v) is 3.72. The fourth-order valence-electron chi connectivity index (χ4n) is 3.57. The van der Waals surface area contributed by atoms with E-state index in [4.69, 9.17) is 11.6 Å². The number of carbonyl (C=O) groups is 1. The summed E-state index contributed by atoms with van der Waals surface area (Å²) in [7, 11) is 0. The molecular weight excluding hydrogens is 377 g/mol. The average Bonchev–Trinajstić information content (AvgIpc) is 2.71. The van der Waals surface area contributed by atoms with Crippen molar-refractivity contribution in [1.29, 1.82) is 0 Å². The van der Waals surface area contributed by atoms with Gasteiger partial charge in [0.25, 0.3) is 0 Å². The second-order valence-electron chi connectivity index (χ2n) is 6.96. The van der Waals surface area contributed by atoms with E-state index in [2.05, 4.69) is 46.6 Å². The molecule has 0 saturated carbocycles.